The Kier molecular flexibility index (Phi) is 4.85. The molecule has 5 heteroatoms. The second kappa shape index (κ2) is 7.60. The summed E-state index contributed by atoms with van der Waals surface area (Å²) in [7, 11) is 0. The summed E-state index contributed by atoms with van der Waals surface area (Å²) in [4.78, 5) is 4.15. The molecule has 5 nitrogen and oxygen atoms in total. The first kappa shape index (κ1) is 17.2. The first-order valence-electron chi connectivity index (χ1n) is 9.04. The standard InChI is InChI=1S/C22H22N4O/c1-15-21(18-7-8-19-13-24-10-9-17(19)12-18)26-27-22(15)25-14-20(23)11-16-5-3-2-4-6-16/h2-10,12-13,20,25H,11,14,23H2,1H3/t20-/m0/s1. The van der Waals surface area contributed by atoms with E-state index in [1.807, 2.05) is 43.5 Å². The summed E-state index contributed by atoms with van der Waals surface area (Å²) >= 11 is 0. The third-order valence-electron chi connectivity index (χ3n) is 4.70. The van der Waals surface area contributed by atoms with Crippen molar-refractivity contribution < 1.29 is 4.52 Å². The van der Waals surface area contributed by atoms with Crippen LogP contribution >= 0.6 is 0 Å². The van der Waals surface area contributed by atoms with E-state index >= 15 is 0 Å². The number of benzene rings is 2. The number of hydrogen-bond acceptors (Lipinski definition) is 5. The molecule has 2 aromatic carbocycles. The molecule has 2 aromatic heterocycles. The number of rotatable bonds is 6. The Morgan fingerprint density at radius 3 is 2.78 bits per heavy atom. The quantitative estimate of drug-likeness (QED) is 0.541. The lowest BCUT2D eigenvalue weighted by Crippen LogP contribution is -2.31. The normalized spacial score (nSPS) is 12.2. The van der Waals surface area contributed by atoms with E-state index in [2.05, 4.69) is 39.7 Å². The summed E-state index contributed by atoms with van der Waals surface area (Å²) in [6, 6.07) is 18.4. The van der Waals surface area contributed by atoms with Crippen LogP contribution in [0.4, 0.5) is 5.88 Å². The minimum Gasteiger partial charge on any atom is -0.352 e. The van der Waals surface area contributed by atoms with Gasteiger partial charge in [-0.05, 0) is 36.4 Å². The monoisotopic (exact) mass is 358 g/mol. The Bertz CT molecular complexity index is 1040. The molecule has 0 radical (unpaired) electrons. The van der Waals surface area contributed by atoms with E-state index < -0.39 is 0 Å². The Morgan fingerprint density at radius 2 is 1.93 bits per heavy atom. The van der Waals surface area contributed by atoms with Gasteiger partial charge in [0.2, 0.25) is 5.88 Å². The Balaban J connectivity index is 1.46. The zero-order valence-corrected chi connectivity index (χ0v) is 15.2. The van der Waals surface area contributed by atoms with Crippen molar-refractivity contribution in [2.45, 2.75) is 19.4 Å². The average molecular weight is 358 g/mol. The van der Waals surface area contributed by atoms with Gasteiger partial charge in [-0.25, -0.2) is 0 Å². The van der Waals surface area contributed by atoms with Crippen molar-refractivity contribution in [2.24, 2.45) is 5.73 Å². The van der Waals surface area contributed by atoms with Crippen LogP contribution in [0.15, 0.2) is 71.5 Å². The van der Waals surface area contributed by atoms with Gasteiger partial charge in [-0.2, -0.15) is 0 Å². The highest BCUT2D eigenvalue weighted by Crippen LogP contribution is 2.30. The van der Waals surface area contributed by atoms with Gasteiger partial charge >= 0.3 is 0 Å². The molecule has 2 heterocycles. The van der Waals surface area contributed by atoms with E-state index in [1.165, 1.54) is 5.56 Å². The number of pyridine rings is 1. The summed E-state index contributed by atoms with van der Waals surface area (Å²) in [5.74, 6) is 0.670. The molecule has 0 spiro atoms. The molecular weight excluding hydrogens is 336 g/mol. The van der Waals surface area contributed by atoms with Gasteiger partial charge in [0, 0.05) is 41.5 Å². The molecule has 0 fully saturated rings. The van der Waals surface area contributed by atoms with E-state index in [9.17, 15) is 0 Å². The maximum Gasteiger partial charge on any atom is 0.228 e. The molecule has 4 rings (SSSR count). The van der Waals surface area contributed by atoms with E-state index in [0.29, 0.717) is 12.4 Å². The van der Waals surface area contributed by atoms with Crippen LogP contribution in [0.3, 0.4) is 0 Å². The average Bonchev–Trinajstić information content (AvgIpc) is 3.07. The largest absolute Gasteiger partial charge is 0.352 e. The molecule has 0 bridgehead atoms. The first-order chi connectivity index (χ1) is 13.2. The highest BCUT2D eigenvalue weighted by molar-refractivity contribution is 5.86. The third kappa shape index (κ3) is 3.83. The van der Waals surface area contributed by atoms with Gasteiger partial charge in [0.25, 0.3) is 0 Å². The molecule has 0 aliphatic rings. The highest BCUT2D eigenvalue weighted by atomic mass is 16.5. The second-order valence-electron chi connectivity index (χ2n) is 6.75. The van der Waals surface area contributed by atoms with Gasteiger partial charge in [-0.3, -0.25) is 4.98 Å². The van der Waals surface area contributed by atoms with E-state index in [-0.39, 0.29) is 6.04 Å². The summed E-state index contributed by atoms with van der Waals surface area (Å²) in [5, 5.41) is 9.79. The number of nitrogens with two attached hydrogens (primary N) is 1. The van der Waals surface area contributed by atoms with Gasteiger partial charge in [-0.15, -0.1) is 0 Å². The van der Waals surface area contributed by atoms with Crippen LogP contribution in [0.5, 0.6) is 0 Å². The first-order valence-corrected chi connectivity index (χ1v) is 9.04. The van der Waals surface area contributed by atoms with Crippen LogP contribution in [-0.2, 0) is 6.42 Å². The molecule has 0 amide bonds. The van der Waals surface area contributed by atoms with Crippen molar-refractivity contribution in [3.63, 3.8) is 0 Å². The molecule has 0 saturated heterocycles. The van der Waals surface area contributed by atoms with Gasteiger partial charge < -0.3 is 15.6 Å². The van der Waals surface area contributed by atoms with Crippen molar-refractivity contribution >= 4 is 16.7 Å². The number of fused-ring (bicyclic) bond motifs is 1. The fourth-order valence-electron chi connectivity index (χ4n) is 3.21. The van der Waals surface area contributed by atoms with E-state index in [4.69, 9.17) is 10.3 Å². The minimum absolute atomic E-state index is 0.00600. The molecule has 3 N–H and O–H groups in total. The van der Waals surface area contributed by atoms with Crippen LogP contribution in [0.2, 0.25) is 0 Å². The van der Waals surface area contributed by atoms with Gasteiger partial charge in [-0.1, -0.05) is 47.6 Å². The molecule has 0 saturated carbocycles. The zero-order chi connectivity index (χ0) is 18.6. The SMILES string of the molecule is Cc1c(-c2ccc3cnccc3c2)noc1NC[C@@H](N)Cc1ccccc1. The summed E-state index contributed by atoms with van der Waals surface area (Å²) in [5.41, 5.74) is 10.3. The van der Waals surface area contributed by atoms with Crippen LogP contribution < -0.4 is 11.1 Å². The second-order valence-corrected chi connectivity index (χ2v) is 6.75. The summed E-state index contributed by atoms with van der Waals surface area (Å²) in [6.45, 7) is 2.63. The number of nitrogens with one attached hydrogen (secondary N) is 1. The van der Waals surface area contributed by atoms with Crippen LogP contribution in [0, 0.1) is 6.92 Å². The molecule has 0 aliphatic heterocycles. The van der Waals surface area contributed by atoms with Crippen molar-refractivity contribution in [2.75, 3.05) is 11.9 Å². The van der Waals surface area contributed by atoms with Crippen LogP contribution in [-0.4, -0.2) is 22.7 Å². The van der Waals surface area contributed by atoms with Gasteiger partial charge in [0.05, 0.1) is 0 Å². The number of aromatic nitrogens is 2. The fraction of sp³-hybridized carbons (Fsp3) is 0.182. The lowest BCUT2D eigenvalue weighted by molar-refractivity contribution is 0.432. The number of anilines is 1. The van der Waals surface area contributed by atoms with E-state index in [1.54, 1.807) is 6.20 Å². The van der Waals surface area contributed by atoms with Gasteiger partial charge in [0.15, 0.2) is 0 Å². The Hall–Kier alpha value is -3.18. The zero-order valence-electron chi connectivity index (χ0n) is 15.2. The molecule has 136 valence electrons. The number of nitrogens with zero attached hydrogens (tertiary/aromatic N) is 2. The molecule has 0 unspecified atom stereocenters. The summed E-state index contributed by atoms with van der Waals surface area (Å²) in [6.07, 6.45) is 4.46. The molecular formula is C22H22N4O. The third-order valence-corrected chi connectivity index (χ3v) is 4.70. The molecule has 27 heavy (non-hydrogen) atoms. The van der Waals surface area contributed by atoms with Crippen molar-refractivity contribution in [3.8, 4) is 11.3 Å². The summed E-state index contributed by atoms with van der Waals surface area (Å²) < 4.78 is 5.53. The van der Waals surface area contributed by atoms with Crippen LogP contribution in [0.25, 0.3) is 22.0 Å². The predicted molar refractivity (Wildman–Crippen MR) is 109 cm³/mol. The predicted octanol–water partition coefficient (Wildman–Crippen LogP) is 4.18. The lowest BCUT2D eigenvalue weighted by Gasteiger charge is -2.12. The van der Waals surface area contributed by atoms with E-state index in [0.717, 1.165) is 34.0 Å². The lowest BCUT2D eigenvalue weighted by atomic mass is 10.0. The maximum absolute atomic E-state index is 6.25. The smallest absolute Gasteiger partial charge is 0.228 e. The maximum atomic E-state index is 6.25. The van der Waals surface area contributed by atoms with Crippen LogP contribution in [0.1, 0.15) is 11.1 Å². The fourth-order valence-corrected chi connectivity index (χ4v) is 3.21. The van der Waals surface area contributed by atoms with Crippen molar-refractivity contribution in [1.29, 1.82) is 0 Å². The van der Waals surface area contributed by atoms with Crippen molar-refractivity contribution in [1.82, 2.24) is 10.1 Å². The number of hydrogen-bond donors (Lipinski definition) is 2. The van der Waals surface area contributed by atoms with Crippen molar-refractivity contribution in [3.05, 3.63) is 78.1 Å². The topological polar surface area (TPSA) is 77.0 Å². The Morgan fingerprint density at radius 1 is 1.07 bits per heavy atom. The molecule has 4 aromatic rings. The molecule has 1 atom stereocenters. The Labute approximate surface area is 158 Å². The minimum atomic E-state index is -0.00600. The highest BCUT2D eigenvalue weighted by Gasteiger charge is 2.15. The molecule has 0 aliphatic carbocycles. The van der Waals surface area contributed by atoms with Gasteiger partial charge in [0.1, 0.15) is 5.69 Å².